The maximum atomic E-state index is 13.6. The highest BCUT2D eigenvalue weighted by Crippen LogP contribution is 2.47. The highest BCUT2D eigenvalue weighted by atomic mass is 35.5. The molecule has 10 heteroatoms. The molecule has 0 saturated heterocycles. The Balaban J connectivity index is 1.43. The molecule has 0 aliphatic heterocycles. The minimum atomic E-state index is -4.05. The van der Waals surface area contributed by atoms with Gasteiger partial charge in [-0.2, -0.15) is 14.7 Å². The van der Waals surface area contributed by atoms with Crippen LogP contribution >= 0.6 is 11.6 Å². The lowest BCUT2D eigenvalue weighted by Gasteiger charge is -2.30. The smallest absolute Gasteiger partial charge is 0.237 e. The molecule has 0 unspecified atom stereocenters. The van der Waals surface area contributed by atoms with E-state index in [0.29, 0.717) is 6.42 Å². The van der Waals surface area contributed by atoms with Gasteiger partial charge >= 0.3 is 0 Å². The Labute approximate surface area is 213 Å². The van der Waals surface area contributed by atoms with Gasteiger partial charge in [0.15, 0.2) is 0 Å². The van der Waals surface area contributed by atoms with Crippen LogP contribution in [0.3, 0.4) is 0 Å². The molecule has 3 aromatic rings. The topological polar surface area (TPSA) is 79.0 Å². The lowest BCUT2D eigenvalue weighted by Crippen LogP contribution is -2.36. The van der Waals surface area contributed by atoms with Gasteiger partial charge in [-0.3, -0.25) is 0 Å². The molecule has 0 saturated carbocycles. The van der Waals surface area contributed by atoms with Gasteiger partial charge in [0.05, 0.1) is 33.6 Å². The number of nitrogens with zero attached hydrogens (tertiary/aromatic N) is 4. The van der Waals surface area contributed by atoms with Crippen LogP contribution in [0.1, 0.15) is 36.9 Å². The first-order valence-electron chi connectivity index (χ1n) is 11.6. The van der Waals surface area contributed by atoms with Gasteiger partial charge in [-0.25, -0.2) is 21.9 Å². The van der Waals surface area contributed by atoms with Crippen LogP contribution in [0.25, 0.3) is 5.69 Å². The van der Waals surface area contributed by atoms with Crippen molar-refractivity contribution < 1.29 is 17.2 Å². The Morgan fingerprint density at radius 1 is 1.22 bits per heavy atom. The summed E-state index contributed by atoms with van der Waals surface area (Å²) in [5.41, 5.74) is 5.34. The van der Waals surface area contributed by atoms with Crippen molar-refractivity contribution in [1.29, 1.82) is 5.26 Å². The van der Waals surface area contributed by atoms with Gasteiger partial charge in [0.25, 0.3) is 0 Å². The summed E-state index contributed by atoms with van der Waals surface area (Å²) in [6.07, 6.45) is 4.10. The summed E-state index contributed by atoms with van der Waals surface area (Å²) in [6.45, 7) is 1.92. The molecule has 2 aliphatic carbocycles. The molecule has 0 fully saturated rings. The second kappa shape index (κ2) is 9.43. The van der Waals surface area contributed by atoms with E-state index < -0.39 is 15.8 Å². The molecular weight excluding hydrogens is 506 g/mol. The number of hydrogen-bond acceptors (Lipinski definition) is 4. The molecule has 0 radical (unpaired) electrons. The quantitative estimate of drug-likeness (QED) is 0.317. The van der Waals surface area contributed by atoms with Crippen molar-refractivity contribution in [3.8, 4) is 11.8 Å². The summed E-state index contributed by atoms with van der Waals surface area (Å²) in [5, 5.41) is 13.6. The second-order valence-corrected chi connectivity index (χ2v) is 11.5. The highest BCUT2D eigenvalue weighted by Gasteiger charge is 2.38. The third-order valence-corrected chi connectivity index (χ3v) is 9.23. The first-order chi connectivity index (χ1) is 17.2. The number of sulfonamides is 1. The van der Waals surface area contributed by atoms with Gasteiger partial charge in [0.1, 0.15) is 18.2 Å². The van der Waals surface area contributed by atoms with E-state index in [9.17, 15) is 22.5 Å². The van der Waals surface area contributed by atoms with Crippen LogP contribution in [0.2, 0.25) is 5.02 Å². The van der Waals surface area contributed by atoms with Crippen molar-refractivity contribution in [1.82, 2.24) is 14.1 Å². The van der Waals surface area contributed by atoms with E-state index in [4.69, 9.17) is 11.6 Å². The van der Waals surface area contributed by atoms with Crippen molar-refractivity contribution in [3.05, 3.63) is 87.7 Å². The standard InChI is InChI=1S/C26H23ClF2N4O2S/c1-16-22-14-31-33(20-6-4-19(28)5-7-20)25(22)12-17-2-3-18(26(16)17)15-32(11-10-30)36(34,35)21-8-9-24(29)23(27)13-21/h4-9,13-14,16,18H,2-3,11-12,15H2,1H3/t16-,18+/m0/s1. The molecule has 0 N–H and O–H groups in total. The summed E-state index contributed by atoms with van der Waals surface area (Å²) in [6, 6.07) is 11.4. The largest absolute Gasteiger partial charge is 0.244 e. The summed E-state index contributed by atoms with van der Waals surface area (Å²) in [5.74, 6) is -1.05. The van der Waals surface area contributed by atoms with Crippen LogP contribution in [0.15, 0.2) is 64.7 Å². The fourth-order valence-electron chi connectivity index (χ4n) is 5.44. The monoisotopic (exact) mass is 528 g/mol. The van der Waals surface area contributed by atoms with E-state index in [-0.39, 0.29) is 40.7 Å². The number of hydrogen-bond donors (Lipinski definition) is 0. The SMILES string of the molecule is C[C@@H]1C2=C(CC[C@@H]2CN(CC#N)S(=O)(=O)c2ccc(F)c(Cl)c2)Cc2c1cnn2-c1ccc(F)cc1. The Hall–Kier alpha value is -3.06. The van der Waals surface area contributed by atoms with Crippen molar-refractivity contribution >= 4 is 21.6 Å². The minimum Gasteiger partial charge on any atom is -0.237 e. The highest BCUT2D eigenvalue weighted by molar-refractivity contribution is 7.89. The molecule has 0 amide bonds. The zero-order valence-electron chi connectivity index (χ0n) is 19.5. The number of benzene rings is 2. The number of fused-ring (bicyclic) bond motifs is 1. The Bertz CT molecular complexity index is 1510. The summed E-state index contributed by atoms with van der Waals surface area (Å²) < 4.78 is 56.7. The van der Waals surface area contributed by atoms with Crippen molar-refractivity contribution in [3.63, 3.8) is 0 Å². The molecule has 186 valence electrons. The van der Waals surface area contributed by atoms with E-state index in [1.165, 1.54) is 29.3 Å². The summed E-state index contributed by atoms with van der Waals surface area (Å²) >= 11 is 5.83. The number of aromatic nitrogens is 2. The number of rotatable bonds is 6. The molecule has 2 atom stereocenters. The van der Waals surface area contributed by atoms with Crippen molar-refractivity contribution in [2.45, 2.75) is 37.0 Å². The summed E-state index contributed by atoms with van der Waals surface area (Å²) in [7, 11) is -4.05. The van der Waals surface area contributed by atoms with Crippen LogP contribution in [0.4, 0.5) is 8.78 Å². The molecule has 1 heterocycles. The van der Waals surface area contributed by atoms with Crippen LogP contribution in [0, 0.1) is 28.9 Å². The average molecular weight is 529 g/mol. The lowest BCUT2D eigenvalue weighted by atomic mass is 9.80. The second-order valence-electron chi connectivity index (χ2n) is 9.16. The molecular formula is C26H23ClF2N4O2S. The first kappa shape index (κ1) is 24.6. The van der Waals surface area contributed by atoms with Gasteiger partial charge < -0.3 is 0 Å². The van der Waals surface area contributed by atoms with Crippen LogP contribution in [-0.4, -0.2) is 35.6 Å². The van der Waals surface area contributed by atoms with Gasteiger partial charge in [-0.15, -0.1) is 0 Å². The summed E-state index contributed by atoms with van der Waals surface area (Å²) in [4.78, 5) is -0.143. The Morgan fingerprint density at radius 2 is 1.97 bits per heavy atom. The first-order valence-corrected chi connectivity index (χ1v) is 13.4. The third kappa shape index (κ3) is 4.23. The third-order valence-electron chi connectivity index (χ3n) is 7.13. The predicted molar refractivity (Wildman–Crippen MR) is 131 cm³/mol. The minimum absolute atomic E-state index is 0.0253. The van der Waals surface area contributed by atoms with Gasteiger partial charge in [0, 0.05) is 24.4 Å². The molecule has 2 aliphatic rings. The molecule has 36 heavy (non-hydrogen) atoms. The average Bonchev–Trinajstić information content (AvgIpc) is 3.46. The molecule has 6 nitrogen and oxygen atoms in total. The van der Waals surface area contributed by atoms with Gasteiger partial charge in [-0.1, -0.05) is 29.7 Å². The Kier molecular flexibility index (Phi) is 6.45. The van der Waals surface area contributed by atoms with E-state index in [0.717, 1.165) is 46.2 Å². The number of allylic oxidation sites excluding steroid dienone is 1. The lowest BCUT2D eigenvalue weighted by molar-refractivity contribution is 0.383. The number of halogens is 3. The fourth-order valence-corrected chi connectivity index (χ4v) is 7.09. The van der Waals surface area contributed by atoms with Gasteiger partial charge in [-0.05, 0) is 61.2 Å². The predicted octanol–water partition coefficient (Wildman–Crippen LogP) is 5.38. The van der Waals surface area contributed by atoms with E-state index >= 15 is 0 Å². The van der Waals surface area contributed by atoms with Crippen LogP contribution in [-0.2, 0) is 16.4 Å². The zero-order chi connectivity index (χ0) is 25.6. The fraction of sp³-hybridized carbons (Fsp3) is 0.308. The molecule has 0 bridgehead atoms. The molecule has 1 aromatic heterocycles. The van der Waals surface area contributed by atoms with Gasteiger partial charge in [0.2, 0.25) is 10.0 Å². The molecule has 0 spiro atoms. The molecule has 5 rings (SSSR count). The van der Waals surface area contributed by atoms with E-state index in [2.05, 4.69) is 12.0 Å². The zero-order valence-corrected chi connectivity index (χ0v) is 21.0. The van der Waals surface area contributed by atoms with Crippen LogP contribution in [0.5, 0.6) is 0 Å². The maximum Gasteiger partial charge on any atom is 0.244 e. The number of nitriles is 1. The Morgan fingerprint density at radius 3 is 2.67 bits per heavy atom. The van der Waals surface area contributed by atoms with E-state index in [1.54, 1.807) is 12.1 Å². The van der Waals surface area contributed by atoms with Crippen molar-refractivity contribution in [2.75, 3.05) is 13.1 Å². The normalized spacial score (nSPS) is 19.3. The maximum absolute atomic E-state index is 13.6. The van der Waals surface area contributed by atoms with E-state index in [1.807, 2.05) is 16.9 Å². The molecule has 2 aromatic carbocycles. The van der Waals surface area contributed by atoms with Crippen molar-refractivity contribution in [2.24, 2.45) is 5.92 Å². The van der Waals surface area contributed by atoms with Crippen LogP contribution < -0.4 is 0 Å².